The van der Waals surface area contributed by atoms with Crippen LogP contribution in [0, 0.1) is 6.92 Å². The molecule has 0 aromatic carbocycles. The number of cyclic esters (lactones) is 1. The Kier molecular flexibility index (Phi) is 3.34. The summed E-state index contributed by atoms with van der Waals surface area (Å²) in [7, 11) is 1.82. The number of rotatable bonds is 4. The predicted molar refractivity (Wildman–Crippen MR) is 59.1 cm³/mol. The quantitative estimate of drug-likeness (QED) is 0.811. The Bertz CT molecular complexity index is 459. The van der Waals surface area contributed by atoms with Gasteiger partial charge in [0.05, 0.1) is 12.1 Å². The number of hydrogen-bond acceptors (Lipinski definition) is 4. The van der Waals surface area contributed by atoms with E-state index in [0.29, 0.717) is 6.54 Å². The molecule has 1 aromatic heterocycles. The Morgan fingerprint density at radius 1 is 1.67 bits per heavy atom. The third-order valence-electron chi connectivity index (χ3n) is 2.86. The molecule has 1 aliphatic rings. The lowest BCUT2D eigenvalue weighted by Crippen LogP contribution is -2.26. The van der Waals surface area contributed by atoms with Crippen molar-refractivity contribution < 1.29 is 18.3 Å². The van der Waals surface area contributed by atoms with Crippen molar-refractivity contribution in [2.24, 2.45) is 7.05 Å². The van der Waals surface area contributed by atoms with E-state index < -0.39 is 24.4 Å². The smallest absolute Gasteiger partial charge is 0.377 e. The summed E-state index contributed by atoms with van der Waals surface area (Å²) in [6.45, 7) is 2.61. The summed E-state index contributed by atoms with van der Waals surface area (Å²) >= 11 is 0. The molecule has 1 unspecified atom stereocenters. The van der Waals surface area contributed by atoms with E-state index in [1.165, 1.54) is 0 Å². The SMILES string of the molecule is Cc1nn(C)cc1CNCC1CC(F)(F)C(=O)O1. The van der Waals surface area contributed by atoms with E-state index in [4.69, 9.17) is 0 Å². The van der Waals surface area contributed by atoms with Gasteiger partial charge in [-0.2, -0.15) is 13.9 Å². The van der Waals surface area contributed by atoms with Gasteiger partial charge in [-0.05, 0) is 6.92 Å². The van der Waals surface area contributed by atoms with Gasteiger partial charge in [0.2, 0.25) is 0 Å². The summed E-state index contributed by atoms with van der Waals surface area (Å²) in [6.07, 6.45) is 0.548. The average molecular weight is 259 g/mol. The van der Waals surface area contributed by atoms with Crippen LogP contribution < -0.4 is 5.32 Å². The summed E-state index contributed by atoms with van der Waals surface area (Å²) in [6, 6.07) is 0. The molecule has 1 fully saturated rings. The normalized spacial score (nSPS) is 22.2. The number of alkyl halides is 2. The molecular formula is C11H15F2N3O2. The first-order valence-corrected chi connectivity index (χ1v) is 5.67. The Hall–Kier alpha value is -1.50. The van der Waals surface area contributed by atoms with Crippen molar-refractivity contribution >= 4 is 5.97 Å². The van der Waals surface area contributed by atoms with Crippen molar-refractivity contribution in [1.82, 2.24) is 15.1 Å². The molecule has 2 heterocycles. The van der Waals surface area contributed by atoms with Crippen molar-refractivity contribution in [2.75, 3.05) is 6.54 Å². The molecule has 0 bridgehead atoms. The molecule has 0 saturated carbocycles. The minimum absolute atomic E-state index is 0.218. The van der Waals surface area contributed by atoms with Gasteiger partial charge in [0, 0.05) is 31.9 Å². The number of hydrogen-bond donors (Lipinski definition) is 1. The van der Waals surface area contributed by atoms with E-state index in [-0.39, 0.29) is 6.54 Å². The van der Waals surface area contributed by atoms with Crippen LogP contribution in [0.4, 0.5) is 8.78 Å². The van der Waals surface area contributed by atoms with E-state index >= 15 is 0 Å². The van der Waals surface area contributed by atoms with Crippen molar-refractivity contribution in [3.63, 3.8) is 0 Å². The van der Waals surface area contributed by atoms with Crippen LogP contribution in [-0.4, -0.2) is 34.3 Å². The highest BCUT2D eigenvalue weighted by Crippen LogP contribution is 2.30. The third-order valence-corrected chi connectivity index (χ3v) is 2.86. The van der Waals surface area contributed by atoms with E-state index in [1.54, 1.807) is 4.68 Å². The molecule has 18 heavy (non-hydrogen) atoms. The second-order valence-electron chi connectivity index (χ2n) is 4.48. The number of carbonyl (C=O) groups excluding carboxylic acids is 1. The number of aromatic nitrogens is 2. The standard InChI is InChI=1S/C11H15F2N3O2/c1-7-8(6-16(2)15-7)4-14-5-9-3-11(12,13)10(17)18-9/h6,9,14H,3-5H2,1-2H3. The topological polar surface area (TPSA) is 56.2 Å². The highest BCUT2D eigenvalue weighted by atomic mass is 19.3. The monoisotopic (exact) mass is 259 g/mol. The zero-order valence-electron chi connectivity index (χ0n) is 10.2. The second-order valence-corrected chi connectivity index (χ2v) is 4.48. The summed E-state index contributed by atoms with van der Waals surface area (Å²) in [5, 5.41) is 7.16. The molecule has 2 rings (SSSR count). The molecule has 1 N–H and O–H groups in total. The molecule has 1 saturated heterocycles. The predicted octanol–water partition coefficient (Wildman–Crippen LogP) is 0.769. The third kappa shape index (κ3) is 2.66. The lowest BCUT2D eigenvalue weighted by molar-refractivity contribution is -0.159. The van der Waals surface area contributed by atoms with Crippen LogP contribution in [0.2, 0.25) is 0 Å². The fourth-order valence-electron chi connectivity index (χ4n) is 1.95. The molecule has 0 aliphatic carbocycles. The summed E-state index contributed by atoms with van der Waals surface area (Å²) in [4.78, 5) is 10.8. The molecule has 0 spiro atoms. The second kappa shape index (κ2) is 4.64. The zero-order chi connectivity index (χ0) is 13.3. The zero-order valence-corrected chi connectivity index (χ0v) is 10.2. The van der Waals surface area contributed by atoms with Gasteiger partial charge in [0.1, 0.15) is 6.10 Å². The number of aryl methyl sites for hydroxylation is 2. The fraction of sp³-hybridized carbons (Fsp3) is 0.636. The maximum absolute atomic E-state index is 12.9. The van der Waals surface area contributed by atoms with Crippen LogP contribution in [0.1, 0.15) is 17.7 Å². The lowest BCUT2D eigenvalue weighted by Gasteiger charge is -2.09. The number of esters is 1. The van der Waals surface area contributed by atoms with Gasteiger partial charge in [-0.25, -0.2) is 4.79 Å². The minimum Gasteiger partial charge on any atom is -0.456 e. The van der Waals surface area contributed by atoms with E-state index in [1.807, 2.05) is 20.2 Å². The van der Waals surface area contributed by atoms with Crippen molar-refractivity contribution in [3.05, 3.63) is 17.5 Å². The number of nitrogens with zero attached hydrogens (tertiary/aromatic N) is 2. The van der Waals surface area contributed by atoms with Gasteiger partial charge < -0.3 is 10.1 Å². The van der Waals surface area contributed by atoms with Crippen LogP contribution in [0.15, 0.2) is 6.20 Å². The maximum Gasteiger partial charge on any atom is 0.377 e. The molecule has 7 heteroatoms. The largest absolute Gasteiger partial charge is 0.456 e. The van der Waals surface area contributed by atoms with Crippen molar-refractivity contribution in [2.45, 2.75) is 31.9 Å². The number of carbonyl (C=O) groups is 1. The molecule has 0 radical (unpaired) electrons. The van der Waals surface area contributed by atoms with Crippen LogP contribution in [0.25, 0.3) is 0 Å². The highest BCUT2D eigenvalue weighted by Gasteiger charge is 2.50. The molecular weight excluding hydrogens is 244 g/mol. The average Bonchev–Trinajstić information content (AvgIpc) is 2.68. The molecule has 5 nitrogen and oxygen atoms in total. The first kappa shape index (κ1) is 12.9. The molecule has 1 aromatic rings. The Balaban J connectivity index is 1.80. The first-order chi connectivity index (χ1) is 8.38. The number of ether oxygens (including phenoxy) is 1. The number of halogens is 2. The minimum atomic E-state index is -3.34. The number of nitrogens with one attached hydrogen (secondary N) is 1. The van der Waals surface area contributed by atoms with Crippen LogP contribution in [0.5, 0.6) is 0 Å². The van der Waals surface area contributed by atoms with Gasteiger partial charge in [-0.3, -0.25) is 4.68 Å². The summed E-state index contributed by atoms with van der Waals surface area (Å²) < 4.78 is 32.0. The Labute approximate surface area is 103 Å². The molecule has 0 amide bonds. The van der Waals surface area contributed by atoms with Gasteiger partial charge in [0.25, 0.3) is 0 Å². The summed E-state index contributed by atoms with van der Waals surface area (Å²) in [5.74, 6) is -4.76. The maximum atomic E-state index is 12.9. The molecule has 1 atom stereocenters. The van der Waals surface area contributed by atoms with Crippen molar-refractivity contribution in [1.29, 1.82) is 0 Å². The van der Waals surface area contributed by atoms with Crippen LogP contribution in [-0.2, 0) is 23.1 Å². The van der Waals surface area contributed by atoms with E-state index in [2.05, 4.69) is 15.2 Å². The highest BCUT2D eigenvalue weighted by molar-refractivity contribution is 5.79. The molecule has 1 aliphatic heterocycles. The van der Waals surface area contributed by atoms with Crippen LogP contribution >= 0.6 is 0 Å². The Morgan fingerprint density at radius 2 is 2.39 bits per heavy atom. The van der Waals surface area contributed by atoms with Crippen molar-refractivity contribution in [3.8, 4) is 0 Å². The van der Waals surface area contributed by atoms with E-state index in [9.17, 15) is 13.6 Å². The van der Waals surface area contributed by atoms with Gasteiger partial charge >= 0.3 is 11.9 Å². The van der Waals surface area contributed by atoms with Crippen LogP contribution in [0.3, 0.4) is 0 Å². The Morgan fingerprint density at radius 3 is 2.89 bits per heavy atom. The fourth-order valence-corrected chi connectivity index (χ4v) is 1.95. The summed E-state index contributed by atoms with van der Waals surface area (Å²) in [5.41, 5.74) is 1.88. The van der Waals surface area contributed by atoms with Gasteiger partial charge in [0.15, 0.2) is 0 Å². The lowest BCUT2D eigenvalue weighted by atomic mass is 10.2. The van der Waals surface area contributed by atoms with Gasteiger partial charge in [-0.15, -0.1) is 0 Å². The van der Waals surface area contributed by atoms with Gasteiger partial charge in [-0.1, -0.05) is 0 Å². The molecule has 100 valence electrons. The van der Waals surface area contributed by atoms with E-state index in [0.717, 1.165) is 11.3 Å². The first-order valence-electron chi connectivity index (χ1n) is 5.67.